The number of benzene rings is 1. The molecule has 26 heavy (non-hydrogen) atoms. The van der Waals surface area contributed by atoms with Crippen molar-refractivity contribution < 1.29 is 9.53 Å². The summed E-state index contributed by atoms with van der Waals surface area (Å²) in [5.41, 5.74) is 0.620. The minimum Gasteiger partial charge on any atom is -0.497 e. The van der Waals surface area contributed by atoms with Crippen LogP contribution in [-0.2, 0) is 0 Å². The van der Waals surface area contributed by atoms with Gasteiger partial charge in [0.1, 0.15) is 5.75 Å². The summed E-state index contributed by atoms with van der Waals surface area (Å²) in [7, 11) is 1.60. The third-order valence-corrected chi connectivity index (χ3v) is 3.61. The minimum absolute atomic E-state index is 0. The summed E-state index contributed by atoms with van der Waals surface area (Å²) in [5, 5.41) is 9.34. The summed E-state index contributed by atoms with van der Waals surface area (Å²) in [5.74, 6) is 2.15. The van der Waals surface area contributed by atoms with Crippen LogP contribution in [0.1, 0.15) is 44.0 Å². The molecule has 0 bridgehead atoms. The lowest BCUT2D eigenvalue weighted by molar-refractivity contribution is 0.0954. The topological polar surface area (TPSA) is 74.8 Å². The predicted molar refractivity (Wildman–Crippen MR) is 119 cm³/mol. The Hall–Kier alpha value is -1.51. The zero-order valence-electron chi connectivity index (χ0n) is 16.3. The highest BCUT2D eigenvalue weighted by Gasteiger charge is 2.05. The number of nitrogens with zero attached hydrogens (tertiary/aromatic N) is 1. The number of carbonyl (C=O) groups excluding carboxylic acids is 1. The van der Waals surface area contributed by atoms with E-state index in [1.165, 1.54) is 6.42 Å². The van der Waals surface area contributed by atoms with E-state index in [-0.39, 0.29) is 29.9 Å². The molecule has 1 aromatic carbocycles. The van der Waals surface area contributed by atoms with Crippen LogP contribution < -0.4 is 20.7 Å². The van der Waals surface area contributed by atoms with Gasteiger partial charge >= 0.3 is 0 Å². The van der Waals surface area contributed by atoms with E-state index in [2.05, 4.69) is 34.8 Å². The number of rotatable bonds is 10. The first kappa shape index (κ1) is 24.5. The number of guanidine groups is 1. The fourth-order valence-electron chi connectivity index (χ4n) is 2.23. The van der Waals surface area contributed by atoms with Gasteiger partial charge in [0.25, 0.3) is 5.91 Å². The maximum atomic E-state index is 12.1. The smallest absolute Gasteiger partial charge is 0.251 e. The molecule has 3 N–H and O–H groups in total. The van der Waals surface area contributed by atoms with Gasteiger partial charge in [-0.2, -0.15) is 0 Å². The Morgan fingerprint density at radius 3 is 2.35 bits per heavy atom. The molecule has 1 aromatic rings. The molecular formula is C19H33IN4O2. The number of amides is 1. The van der Waals surface area contributed by atoms with E-state index in [0.29, 0.717) is 24.6 Å². The van der Waals surface area contributed by atoms with Gasteiger partial charge in [0.05, 0.1) is 7.11 Å². The Balaban J connectivity index is 0.00000625. The average Bonchev–Trinajstić information content (AvgIpc) is 2.61. The molecule has 0 radical (unpaired) electrons. The molecule has 0 unspecified atom stereocenters. The molecule has 1 rings (SSSR count). The van der Waals surface area contributed by atoms with Crippen LogP contribution in [0, 0.1) is 5.92 Å². The highest BCUT2D eigenvalue weighted by atomic mass is 127. The van der Waals surface area contributed by atoms with Crippen molar-refractivity contribution in [1.29, 1.82) is 0 Å². The van der Waals surface area contributed by atoms with Gasteiger partial charge in [0.15, 0.2) is 5.96 Å². The maximum Gasteiger partial charge on any atom is 0.251 e. The lowest BCUT2D eigenvalue weighted by Crippen LogP contribution is -2.41. The molecule has 0 saturated carbocycles. The number of ether oxygens (including phenoxy) is 1. The van der Waals surface area contributed by atoms with Crippen LogP contribution in [0.5, 0.6) is 5.75 Å². The van der Waals surface area contributed by atoms with Crippen LogP contribution >= 0.6 is 24.0 Å². The Bertz CT molecular complexity index is 533. The van der Waals surface area contributed by atoms with Gasteiger partial charge in [0, 0.05) is 31.7 Å². The number of carbonyl (C=O) groups is 1. The summed E-state index contributed by atoms with van der Waals surface area (Å²) in [6.07, 6.45) is 2.27. The molecule has 1 amide bonds. The largest absolute Gasteiger partial charge is 0.497 e. The first-order chi connectivity index (χ1) is 12.1. The highest BCUT2D eigenvalue weighted by molar-refractivity contribution is 14.0. The van der Waals surface area contributed by atoms with Gasteiger partial charge < -0.3 is 20.7 Å². The standard InChI is InChI=1S/C19H32N4O2.HI/c1-5-20-19(22-12-6-7-15(2)3)23-14-13-21-18(24)16-8-10-17(25-4)11-9-16;/h8-11,15H,5-7,12-14H2,1-4H3,(H,21,24)(H2,20,22,23);1H. The van der Waals surface area contributed by atoms with Crippen molar-refractivity contribution in [3.63, 3.8) is 0 Å². The van der Waals surface area contributed by atoms with E-state index < -0.39 is 0 Å². The number of hydrogen-bond donors (Lipinski definition) is 3. The number of hydrogen-bond acceptors (Lipinski definition) is 3. The summed E-state index contributed by atoms with van der Waals surface area (Å²) in [6.45, 7) is 9.26. The zero-order chi connectivity index (χ0) is 18.5. The second-order valence-electron chi connectivity index (χ2n) is 6.21. The van der Waals surface area contributed by atoms with E-state index in [4.69, 9.17) is 4.74 Å². The summed E-state index contributed by atoms with van der Waals surface area (Å²) >= 11 is 0. The molecule has 148 valence electrons. The third kappa shape index (κ3) is 10.5. The molecule has 0 fully saturated rings. The Kier molecular flexibility index (Phi) is 13.8. The lowest BCUT2D eigenvalue weighted by Gasteiger charge is -2.12. The van der Waals surface area contributed by atoms with Crippen LogP contribution in [0.3, 0.4) is 0 Å². The Morgan fingerprint density at radius 1 is 1.12 bits per heavy atom. The molecule has 0 aliphatic heterocycles. The maximum absolute atomic E-state index is 12.1. The van der Waals surface area contributed by atoms with E-state index in [9.17, 15) is 4.79 Å². The highest BCUT2D eigenvalue weighted by Crippen LogP contribution is 2.10. The molecule has 7 heteroatoms. The van der Waals surface area contributed by atoms with Crippen molar-refractivity contribution in [2.45, 2.75) is 33.6 Å². The normalized spacial score (nSPS) is 10.9. The van der Waals surface area contributed by atoms with Crippen molar-refractivity contribution in [2.24, 2.45) is 10.9 Å². The molecule has 0 spiro atoms. The third-order valence-electron chi connectivity index (χ3n) is 3.61. The van der Waals surface area contributed by atoms with Crippen molar-refractivity contribution in [3.05, 3.63) is 29.8 Å². The van der Waals surface area contributed by atoms with Gasteiger partial charge in [-0.1, -0.05) is 13.8 Å². The fourth-order valence-corrected chi connectivity index (χ4v) is 2.23. The number of halogens is 1. The van der Waals surface area contributed by atoms with Crippen molar-refractivity contribution >= 4 is 35.8 Å². The van der Waals surface area contributed by atoms with Crippen molar-refractivity contribution in [2.75, 3.05) is 33.3 Å². The summed E-state index contributed by atoms with van der Waals surface area (Å²) < 4.78 is 5.09. The van der Waals surface area contributed by atoms with Crippen LogP contribution in [-0.4, -0.2) is 45.2 Å². The van der Waals surface area contributed by atoms with Gasteiger partial charge in [-0.3, -0.25) is 9.79 Å². The molecule has 6 nitrogen and oxygen atoms in total. The molecule has 0 aliphatic carbocycles. The fraction of sp³-hybridized carbons (Fsp3) is 0.579. The lowest BCUT2D eigenvalue weighted by atomic mass is 10.1. The first-order valence-electron chi connectivity index (χ1n) is 9.01. The van der Waals surface area contributed by atoms with Crippen molar-refractivity contribution in [1.82, 2.24) is 16.0 Å². The zero-order valence-corrected chi connectivity index (χ0v) is 18.6. The van der Waals surface area contributed by atoms with Crippen LogP contribution in [0.2, 0.25) is 0 Å². The van der Waals surface area contributed by atoms with Crippen molar-refractivity contribution in [3.8, 4) is 5.75 Å². The predicted octanol–water partition coefficient (Wildman–Crippen LogP) is 3.03. The molecule has 0 heterocycles. The molecule has 0 aliphatic rings. The van der Waals surface area contributed by atoms with Gasteiger partial charge in [-0.15, -0.1) is 24.0 Å². The Morgan fingerprint density at radius 2 is 1.77 bits per heavy atom. The Labute approximate surface area is 174 Å². The van der Waals surface area contributed by atoms with Gasteiger partial charge in [0.2, 0.25) is 0 Å². The molecular weight excluding hydrogens is 443 g/mol. The van der Waals surface area contributed by atoms with E-state index >= 15 is 0 Å². The monoisotopic (exact) mass is 476 g/mol. The van der Waals surface area contributed by atoms with Crippen LogP contribution in [0.25, 0.3) is 0 Å². The number of aliphatic imine (C=N–C) groups is 1. The van der Waals surface area contributed by atoms with Crippen LogP contribution in [0.4, 0.5) is 0 Å². The number of methoxy groups -OCH3 is 1. The molecule has 0 atom stereocenters. The van der Waals surface area contributed by atoms with Gasteiger partial charge in [-0.05, 0) is 49.9 Å². The molecule has 0 aromatic heterocycles. The van der Waals surface area contributed by atoms with Crippen LogP contribution in [0.15, 0.2) is 29.3 Å². The second-order valence-corrected chi connectivity index (χ2v) is 6.21. The van der Waals surface area contributed by atoms with E-state index in [1.54, 1.807) is 31.4 Å². The van der Waals surface area contributed by atoms with E-state index in [1.807, 2.05) is 6.92 Å². The average molecular weight is 476 g/mol. The van der Waals surface area contributed by atoms with Gasteiger partial charge in [-0.25, -0.2) is 0 Å². The SMILES string of the molecule is CCNC(=NCCCC(C)C)NCCNC(=O)c1ccc(OC)cc1.I. The number of nitrogens with one attached hydrogen (secondary N) is 3. The second kappa shape index (κ2) is 14.6. The molecule has 0 saturated heterocycles. The first-order valence-corrected chi connectivity index (χ1v) is 9.01. The summed E-state index contributed by atoms with van der Waals surface area (Å²) in [4.78, 5) is 16.6. The quantitative estimate of drug-likeness (QED) is 0.210. The summed E-state index contributed by atoms with van der Waals surface area (Å²) in [6, 6.07) is 7.06. The van der Waals surface area contributed by atoms with E-state index in [0.717, 1.165) is 31.2 Å². The minimum atomic E-state index is -0.0941.